The summed E-state index contributed by atoms with van der Waals surface area (Å²) in [7, 11) is 0. The van der Waals surface area contributed by atoms with Gasteiger partial charge >= 0.3 is 0 Å². The zero-order valence-corrected chi connectivity index (χ0v) is 10.8. The average molecular weight is 232 g/mol. The van der Waals surface area contributed by atoms with E-state index in [9.17, 15) is 4.79 Å². The van der Waals surface area contributed by atoms with E-state index in [2.05, 4.69) is 13.8 Å². The van der Waals surface area contributed by atoms with E-state index in [0.29, 0.717) is 17.7 Å². The van der Waals surface area contributed by atoms with E-state index in [-0.39, 0.29) is 12.0 Å². The van der Waals surface area contributed by atoms with Gasteiger partial charge in [-0.1, -0.05) is 27.2 Å². The number of rotatable bonds is 4. The van der Waals surface area contributed by atoms with Gasteiger partial charge in [0.05, 0.1) is 0 Å². The highest BCUT2D eigenvalue weighted by molar-refractivity contribution is 6.18. The molecule has 3 unspecified atom stereocenters. The second kappa shape index (κ2) is 5.74. The molecular weight excluding hydrogens is 210 g/mol. The lowest BCUT2D eigenvalue weighted by molar-refractivity contribution is -0.136. The van der Waals surface area contributed by atoms with E-state index >= 15 is 0 Å². The van der Waals surface area contributed by atoms with E-state index in [4.69, 9.17) is 11.6 Å². The minimum absolute atomic E-state index is 0.158. The Morgan fingerprint density at radius 1 is 1.60 bits per heavy atom. The van der Waals surface area contributed by atoms with Gasteiger partial charge in [-0.2, -0.15) is 0 Å². The van der Waals surface area contributed by atoms with Crippen LogP contribution in [0, 0.1) is 11.8 Å². The number of hydrogen-bond donors (Lipinski definition) is 0. The second-order valence-electron chi connectivity index (χ2n) is 4.71. The minimum Gasteiger partial charge on any atom is -0.338 e. The second-order valence-corrected chi connectivity index (χ2v) is 5.02. The summed E-state index contributed by atoms with van der Waals surface area (Å²) in [4.78, 5) is 14.1. The number of carbonyl (C=O) groups is 1. The number of alkyl halides is 1. The highest BCUT2D eigenvalue weighted by Crippen LogP contribution is 2.27. The van der Waals surface area contributed by atoms with Crippen LogP contribution in [0.15, 0.2) is 0 Å². The summed E-state index contributed by atoms with van der Waals surface area (Å²) in [6.45, 7) is 7.23. The van der Waals surface area contributed by atoms with Crippen LogP contribution in [0.5, 0.6) is 0 Å². The molecule has 1 aliphatic rings. The average Bonchev–Trinajstić information content (AvgIpc) is 2.58. The maximum absolute atomic E-state index is 12.1. The molecule has 1 rings (SSSR count). The molecule has 0 bridgehead atoms. The van der Waals surface area contributed by atoms with Crippen LogP contribution in [0.25, 0.3) is 0 Å². The van der Waals surface area contributed by atoms with Crippen molar-refractivity contribution < 1.29 is 4.79 Å². The summed E-state index contributed by atoms with van der Waals surface area (Å²) >= 11 is 5.93. The first-order valence-electron chi connectivity index (χ1n) is 5.98. The zero-order valence-electron chi connectivity index (χ0n) is 10.0. The van der Waals surface area contributed by atoms with Gasteiger partial charge in [0, 0.05) is 24.4 Å². The number of amides is 1. The van der Waals surface area contributed by atoms with E-state index in [1.54, 1.807) is 0 Å². The van der Waals surface area contributed by atoms with Gasteiger partial charge in [0.25, 0.3) is 0 Å². The summed E-state index contributed by atoms with van der Waals surface area (Å²) in [5, 5.41) is 0. The minimum atomic E-state index is 0.158. The van der Waals surface area contributed by atoms with Crippen molar-refractivity contribution in [2.75, 3.05) is 12.4 Å². The molecular formula is C12H22ClNO. The maximum atomic E-state index is 12.1. The number of nitrogens with zero attached hydrogens (tertiary/aromatic N) is 1. The molecule has 0 aliphatic carbocycles. The van der Waals surface area contributed by atoms with Gasteiger partial charge in [-0.3, -0.25) is 4.79 Å². The standard InChI is InChI=1S/C12H22ClNO/c1-4-5-10(3)12(15)14-7-6-9(2)11(14)8-13/h9-11H,4-8H2,1-3H3. The quantitative estimate of drug-likeness (QED) is 0.682. The molecule has 3 atom stereocenters. The number of halogens is 1. The third-order valence-electron chi connectivity index (χ3n) is 3.47. The summed E-state index contributed by atoms with van der Waals surface area (Å²) in [6, 6.07) is 0.262. The Balaban J connectivity index is 2.59. The van der Waals surface area contributed by atoms with Crippen LogP contribution in [0.4, 0.5) is 0 Å². The van der Waals surface area contributed by atoms with E-state index in [1.165, 1.54) is 0 Å². The zero-order chi connectivity index (χ0) is 11.4. The van der Waals surface area contributed by atoms with Crippen molar-refractivity contribution in [3.8, 4) is 0 Å². The summed E-state index contributed by atoms with van der Waals surface area (Å²) < 4.78 is 0. The molecule has 0 aromatic rings. The van der Waals surface area contributed by atoms with Crippen molar-refractivity contribution in [1.82, 2.24) is 4.90 Å². The van der Waals surface area contributed by atoms with Crippen LogP contribution >= 0.6 is 11.6 Å². The van der Waals surface area contributed by atoms with Gasteiger partial charge < -0.3 is 4.90 Å². The van der Waals surface area contributed by atoms with Crippen molar-refractivity contribution in [1.29, 1.82) is 0 Å². The van der Waals surface area contributed by atoms with E-state index in [0.717, 1.165) is 25.8 Å². The lowest BCUT2D eigenvalue weighted by Crippen LogP contribution is -2.41. The molecule has 15 heavy (non-hydrogen) atoms. The molecule has 1 saturated heterocycles. The van der Waals surface area contributed by atoms with Gasteiger partial charge in [-0.05, 0) is 18.8 Å². The van der Waals surface area contributed by atoms with Gasteiger partial charge in [0.2, 0.25) is 5.91 Å². The van der Waals surface area contributed by atoms with Gasteiger partial charge in [-0.15, -0.1) is 11.6 Å². The summed E-state index contributed by atoms with van der Waals surface area (Å²) in [5.41, 5.74) is 0. The van der Waals surface area contributed by atoms with Gasteiger partial charge in [-0.25, -0.2) is 0 Å². The first-order chi connectivity index (χ1) is 7.11. The Morgan fingerprint density at radius 3 is 2.80 bits per heavy atom. The number of carbonyl (C=O) groups excluding carboxylic acids is 1. The fourth-order valence-electron chi connectivity index (χ4n) is 2.36. The van der Waals surface area contributed by atoms with Crippen molar-refractivity contribution in [3.63, 3.8) is 0 Å². The van der Waals surface area contributed by atoms with Crippen LogP contribution in [0.3, 0.4) is 0 Å². The largest absolute Gasteiger partial charge is 0.338 e. The van der Waals surface area contributed by atoms with E-state index in [1.807, 2.05) is 11.8 Å². The third kappa shape index (κ3) is 2.87. The Kier molecular flexibility index (Phi) is 4.91. The van der Waals surface area contributed by atoms with Gasteiger partial charge in [0.1, 0.15) is 0 Å². The molecule has 0 N–H and O–H groups in total. The Labute approximate surface area is 98.0 Å². The molecule has 0 aromatic heterocycles. The van der Waals surface area contributed by atoms with E-state index < -0.39 is 0 Å². The fraction of sp³-hybridized carbons (Fsp3) is 0.917. The van der Waals surface area contributed by atoms with Gasteiger partial charge in [0.15, 0.2) is 0 Å². The molecule has 0 radical (unpaired) electrons. The van der Waals surface area contributed by atoms with Crippen LogP contribution in [-0.2, 0) is 4.79 Å². The van der Waals surface area contributed by atoms with Crippen molar-refractivity contribution in [3.05, 3.63) is 0 Å². The molecule has 1 fully saturated rings. The Morgan fingerprint density at radius 2 is 2.27 bits per heavy atom. The lowest BCUT2D eigenvalue weighted by Gasteiger charge is -2.27. The Hall–Kier alpha value is -0.240. The van der Waals surface area contributed by atoms with Crippen LogP contribution < -0.4 is 0 Å². The molecule has 2 nitrogen and oxygen atoms in total. The molecule has 0 spiro atoms. The highest BCUT2D eigenvalue weighted by atomic mass is 35.5. The first-order valence-corrected chi connectivity index (χ1v) is 6.51. The summed E-state index contributed by atoms with van der Waals surface area (Å²) in [5.74, 6) is 1.59. The molecule has 1 amide bonds. The first kappa shape index (κ1) is 12.8. The lowest BCUT2D eigenvalue weighted by atomic mass is 10.0. The molecule has 1 heterocycles. The molecule has 1 aliphatic heterocycles. The van der Waals surface area contributed by atoms with Crippen LogP contribution in [-0.4, -0.2) is 29.3 Å². The maximum Gasteiger partial charge on any atom is 0.225 e. The Bertz CT molecular complexity index is 220. The number of hydrogen-bond acceptors (Lipinski definition) is 1. The van der Waals surface area contributed by atoms with Crippen molar-refractivity contribution in [2.24, 2.45) is 11.8 Å². The molecule has 0 saturated carbocycles. The predicted octanol–water partition coefficient (Wildman–Crippen LogP) is 2.90. The number of likely N-dealkylation sites (tertiary alicyclic amines) is 1. The normalized spacial score (nSPS) is 28.1. The van der Waals surface area contributed by atoms with Crippen molar-refractivity contribution in [2.45, 2.75) is 46.1 Å². The molecule has 88 valence electrons. The molecule has 3 heteroatoms. The van der Waals surface area contributed by atoms with Crippen LogP contribution in [0.2, 0.25) is 0 Å². The van der Waals surface area contributed by atoms with Crippen LogP contribution in [0.1, 0.15) is 40.0 Å². The smallest absolute Gasteiger partial charge is 0.225 e. The monoisotopic (exact) mass is 231 g/mol. The fourth-order valence-corrected chi connectivity index (χ4v) is 2.83. The third-order valence-corrected chi connectivity index (χ3v) is 3.78. The highest BCUT2D eigenvalue weighted by Gasteiger charge is 2.35. The SMILES string of the molecule is CCCC(C)C(=O)N1CCC(C)C1CCl. The summed E-state index contributed by atoms with van der Waals surface area (Å²) in [6.07, 6.45) is 3.16. The molecule has 0 aromatic carbocycles. The van der Waals surface area contributed by atoms with Crippen molar-refractivity contribution >= 4 is 17.5 Å². The predicted molar refractivity (Wildman–Crippen MR) is 64.1 cm³/mol. The topological polar surface area (TPSA) is 20.3 Å².